The summed E-state index contributed by atoms with van der Waals surface area (Å²) in [6.07, 6.45) is 5.83. The molecule has 2 aromatic rings. The van der Waals surface area contributed by atoms with Gasteiger partial charge in [0, 0.05) is 18.7 Å². The van der Waals surface area contributed by atoms with E-state index in [1.165, 1.54) is 0 Å². The maximum atomic E-state index is 12.5. The Balaban J connectivity index is 1.80. The summed E-state index contributed by atoms with van der Waals surface area (Å²) in [6.45, 7) is 7.00. The maximum absolute atomic E-state index is 12.5. The molecule has 0 spiro atoms. The van der Waals surface area contributed by atoms with Gasteiger partial charge in [-0.15, -0.1) is 0 Å². The van der Waals surface area contributed by atoms with Crippen LogP contribution in [0.15, 0.2) is 12.3 Å². The predicted molar refractivity (Wildman–Crippen MR) is 88.4 cm³/mol. The molecule has 0 atom stereocenters. The van der Waals surface area contributed by atoms with Gasteiger partial charge in [0.05, 0.1) is 6.20 Å². The minimum Gasteiger partial charge on any atom is -0.315 e. The van der Waals surface area contributed by atoms with Crippen molar-refractivity contribution in [3.05, 3.63) is 35.3 Å². The van der Waals surface area contributed by atoms with Gasteiger partial charge in [-0.2, -0.15) is 0 Å². The Labute approximate surface area is 136 Å². The number of carbonyl (C=O) groups is 1. The van der Waals surface area contributed by atoms with E-state index in [1.807, 2.05) is 6.92 Å². The van der Waals surface area contributed by atoms with Crippen LogP contribution >= 0.6 is 0 Å². The number of hydrogen-bond acceptors (Lipinski definition) is 4. The van der Waals surface area contributed by atoms with Crippen molar-refractivity contribution in [3.63, 3.8) is 0 Å². The average Bonchev–Trinajstić information content (AvgIpc) is 2.89. The number of fused-ring (bicyclic) bond motifs is 1. The van der Waals surface area contributed by atoms with Crippen LogP contribution in [0.5, 0.6) is 0 Å². The molecule has 2 aromatic heterocycles. The van der Waals surface area contributed by atoms with Gasteiger partial charge in [-0.3, -0.25) is 4.79 Å². The molecular formula is C17H23N5O. The van der Waals surface area contributed by atoms with Crippen LogP contribution in [-0.2, 0) is 19.4 Å². The molecule has 3 heterocycles. The number of carbonyl (C=O) groups excluding carboxylic acids is 1. The van der Waals surface area contributed by atoms with Crippen LogP contribution < -0.4 is 5.32 Å². The highest BCUT2D eigenvalue weighted by atomic mass is 16.2. The van der Waals surface area contributed by atoms with Gasteiger partial charge in [0.1, 0.15) is 23.2 Å². The molecular weight excluding hydrogens is 290 g/mol. The van der Waals surface area contributed by atoms with E-state index in [0.717, 1.165) is 49.6 Å². The van der Waals surface area contributed by atoms with Crippen molar-refractivity contribution in [3.8, 4) is 0 Å². The van der Waals surface area contributed by atoms with E-state index in [4.69, 9.17) is 0 Å². The van der Waals surface area contributed by atoms with Gasteiger partial charge in [0.2, 0.25) is 0 Å². The first-order valence-corrected chi connectivity index (χ1v) is 8.23. The van der Waals surface area contributed by atoms with E-state index in [1.54, 1.807) is 12.3 Å². The Kier molecular flexibility index (Phi) is 4.41. The molecule has 1 aliphatic heterocycles. The summed E-state index contributed by atoms with van der Waals surface area (Å²) < 4.78 is 2.09. The summed E-state index contributed by atoms with van der Waals surface area (Å²) in [4.78, 5) is 25.6. The van der Waals surface area contributed by atoms with Gasteiger partial charge in [-0.25, -0.2) is 15.0 Å². The van der Waals surface area contributed by atoms with Crippen LogP contribution in [0.4, 0.5) is 5.82 Å². The van der Waals surface area contributed by atoms with Gasteiger partial charge < -0.3 is 9.88 Å². The minimum absolute atomic E-state index is 0.200. The van der Waals surface area contributed by atoms with E-state index in [9.17, 15) is 4.79 Å². The minimum atomic E-state index is -0.200. The van der Waals surface area contributed by atoms with E-state index in [2.05, 4.69) is 38.7 Å². The monoisotopic (exact) mass is 313 g/mol. The fraction of sp³-hybridized carbons (Fsp3) is 0.529. The molecule has 122 valence electrons. The molecule has 0 radical (unpaired) electrons. The maximum Gasteiger partial charge on any atom is 0.275 e. The van der Waals surface area contributed by atoms with E-state index in [-0.39, 0.29) is 5.91 Å². The van der Waals surface area contributed by atoms with Crippen LogP contribution in [0, 0.1) is 12.8 Å². The van der Waals surface area contributed by atoms with Gasteiger partial charge in [0.15, 0.2) is 0 Å². The lowest BCUT2D eigenvalue weighted by Gasteiger charge is -2.16. The third kappa shape index (κ3) is 3.57. The Hall–Kier alpha value is -2.24. The third-order valence-corrected chi connectivity index (χ3v) is 3.95. The lowest BCUT2D eigenvalue weighted by atomic mass is 10.1. The highest BCUT2D eigenvalue weighted by Gasteiger charge is 2.17. The molecule has 0 aliphatic carbocycles. The summed E-state index contributed by atoms with van der Waals surface area (Å²) in [5, 5.41) is 2.95. The van der Waals surface area contributed by atoms with Crippen LogP contribution in [0.2, 0.25) is 0 Å². The number of aromatic nitrogens is 4. The first-order valence-electron chi connectivity index (χ1n) is 8.23. The van der Waals surface area contributed by atoms with Crippen LogP contribution in [-0.4, -0.2) is 25.4 Å². The number of nitrogens with one attached hydrogen (secondary N) is 1. The lowest BCUT2D eigenvalue weighted by molar-refractivity contribution is 0.102. The smallest absolute Gasteiger partial charge is 0.275 e. The molecule has 0 saturated heterocycles. The first-order chi connectivity index (χ1) is 11.0. The Morgan fingerprint density at radius 1 is 1.35 bits per heavy atom. The second-order valence-corrected chi connectivity index (χ2v) is 6.51. The van der Waals surface area contributed by atoms with Crippen molar-refractivity contribution < 1.29 is 4.79 Å². The second-order valence-electron chi connectivity index (χ2n) is 6.51. The molecule has 1 N–H and O–H groups in total. The highest BCUT2D eigenvalue weighted by molar-refractivity contribution is 6.02. The highest BCUT2D eigenvalue weighted by Crippen LogP contribution is 2.20. The zero-order chi connectivity index (χ0) is 16.4. The van der Waals surface area contributed by atoms with Gasteiger partial charge >= 0.3 is 0 Å². The lowest BCUT2D eigenvalue weighted by Crippen LogP contribution is -2.20. The number of imidazole rings is 1. The molecule has 1 amide bonds. The number of amides is 1. The molecule has 6 nitrogen and oxygen atoms in total. The van der Waals surface area contributed by atoms with E-state index in [0.29, 0.717) is 17.4 Å². The fourth-order valence-electron chi connectivity index (χ4n) is 2.96. The molecule has 0 fully saturated rings. The standard InChI is InChI=1S/C17H23N5O/c1-11(2)8-13-9-14(20-12(3)19-13)17(23)21-16-10-18-15-6-4-5-7-22(15)16/h9-11H,4-8H2,1-3H3,(H,21,23). The number of nitrogens with zero attached hydrogens (tertiary/aromatic N) is 4. The number of anilines is 1. The Bertz CT molecular complexity index is 720. The third-order valence-electron chi connectivity index (χ3n) is 3.95. The van der Waals surface area contributed by atoms with Crippen molar-refractivity contribution in [2.75, 3.05) is 5.32 Å². The summed E-state index contributed by atoms with van der Waals surface area (Å²) in [7, 11) is 0. The largest absolute Gasteiger partial charge is 0.315 e. The van der Waals surface area contributed by atoms with E-state index < -0.39 is 0 Å². The van der Waals surface area contributed by atoms with Crippen molar-refractivity contribution in [1.82, 2.24) is 19.5 Å². The molecule has 0 bridgehead atoms. The van der Waals surface area contributed by atoms with Crippen LogP contribution in [0.25, 0.3) is 0 Å². The van der Waals surface area contributed by atoms with E-state index >= 15 is 0 Å². The van der Waals surface area contributed by atoms with Crippen molar-refractivity contribution in [1.29, 1.82) is 0 Å². The van der Waals surface area contributed by atoms with Gasteiger partial charge in [0.25, 0.3) is 5.91 Å². The Morgan fingerprint density at radius 2 is 2.17 bits per heavy atom. The average molecular weight is 313 g/mol. The summed E-state index contributed by atoms with van der Waals surface area (Å²) >= 11 is 0. The van der Waals surface area contributed by atoms with Crippen molar-refractivity contribution in [2.45, 2.75) is 53.0 Å². The summed E-state index contributed by atoms with van der Waals surface area (Å²) in [5.74, 6) is 2.72. The predicted octanol–water partition coefficient (Wildman–Crippen LogP) is 2.77. The molecule has 3 rings (SSSR count). The van der Waals surface area contributed by atoms with Gasteiger partial charge in [-0.1, -0.05) is 13.8 Å². The number of hydrogen-bond donors (Lipinski definition) is 1. The van der Waals surface area contributed by atoms with Crippen molar-refractivity contribution >= 4 is 11.7 Å². The van der Waals surface area contributed by atoms with Crippen molar-refractivity contribution in [2.24, 2.45) is 5.92 Å². The molecule has 0 unspecified atom stereocenters. The number of aryl methyl sites for hydroxylation is 2. The second kappa shape index (κ2) is 6.48. The topological polar surface area (TPSA) is 72.7 Å². The molecule has 1 aliphatic rings. The first kappa shape index (κ1) is 15.6. The summed E-state index contributed by atoms with van der Waals surface area (Å²) in [5.41, 5.74) is 1.33. The molecule has 0 aromatic carbocycles. The van der Waals surface area contributed by atoms with Crippen LogP contribution in [0.3, 0.4) is 0 Å². The van der Waals surface area contributed by atoms with Gasteiger partial charge in [-0.05, 0) is 38.2 Å². The SMILES string of the molecule is Cc1nc(CC(C)C)cc(C(=O)Nc2cnc3n2CCCC3)n1. The van der Waals surface area contributed by atoms with Crippen LogP contribution in [0.1, 0.15) is 54.5 Å². The number of rotatable bonds is 4. The molecule has 0 saturated carbocycles. The normalized spacial score (nSPS) is 13.9. The zero-order valence-corrected chi connectivity index (χ0v) is 14.0. The quantitative estimate of drug-likeness (QED) is 0.942. The zero-order valence-electron chi connectivity index (χ0n) is 14.0. The summed E-state index contributed by atoms with van der Waals surface area (Å²) in [6, 6.07) is 1.79. The molecule has 6 heteroatoms. The molecule has 23 heavy (non-hydrogen) atoms. The fourth-order valence-corrected chi connectivity index (χ4v) is 2.96. The Morgan fingerprint density at radius 3 is 2.96 bits per heavy atom.